The Labute approximate surface area is 103 Å². The lowest BCUT2D eigenvalue weighted by Gasteiger charge is -2.02. The molecule has 1 N–H and O–H groups in total. The summed E-state index contributed by atoms with van der Waals surface area (Å²) < 4.78 is 1.71. The van der Waals surface area contributed by atoms with Gasteiger partial charge in [-0.2, -0.15) is 15.6 Å². The van der Waals surface area contributed by atoms with Gasteiger partial charge in [0, 0.05) is 8.95 Å². The summed E-state index contributed by atoms with van der Waals surface area (Å²) in [4.78, 5) is 0. The number of nitriles is 2. The number of rotatable bonds is 2. The van der Waals surface area contributed by atoms with Gasteiger partial charge in [0.2, 0.25) is 5.71 Å². The van der Waals surface area contributed by atoms with Gasteiger partial charge in [0.1, 0.15) is 12.1 Å². The van der Waals surface area contributed by atoms with Gasteiger partial charge in [0.25, 0.3) is 0 Å². The summed E-state index contributed by atoms with van der Waals surface area (Å²) in [6, 6.07) is 8.73. The highest BCUT2D eigenvalue weighted by Crippen LogP contribution is 2.25. The van der Waals surface area contributed by atoms with Crippen LogP contribution in [0.2, 0.25) is 0 Å². The van der Waals surface area contributed by atoms with Crippen molar-refractivity contribution in [3.63, 3.8) is 0 Å². The summed E-state index contributed by atoms with van der Waals surface area (Å²) in [6.45, 7) is 0. The number of hydrogen-bond donors (Lipinski definition) is 1. The molecule has 0 aliphatic rings. The van der Waals surface area contributed by atoms with E-state index in [1.165, 1.54) is 0 Å². The second kappa shape index (κ2) is 5.50. The van der Waals surface area contributed by atoms with Gasteiger partial charge in [-0.05, 0) is 34.1 Å². The van der Waals surface area contributed by atoms with Gasteiger partial charge in [-0.25, -0.2) is 0 Å². The molecule has 0 unspecified atom stereocenters. The third-order valence-electron chi connectivity index (χ3n) is 1.43. The van der Waals surface area contributed by atoms with Gasteiger partial charge in [-0.15, -0.1) is 0 Å². The molecule has 0 saturated heterocycles. The van der Waals surface area contributed by atoms with Crippen LogP contribution in [0.4, 0.5) is 5.69 Å². The zero-order chi connectivity index (χ0) is 11.3. The first-order chi connectivity index (χ1) is 7.17. The Morgan fingerprint density at radius 1 is 1.27 bits per heavy atom. The van der Waals surface area contributed by atoms with Crippen LogP contribution in [0.1, 0.15) is 0 Å². The molecule has 4 nitrogen and oxygen atoms in total. The Balaban J connectivity index is 2.89. The van der Waals surface area contributed by atoms with E-state index < -0.39 is 0 Å². The third-order valence-corrected chi connectivity index (χ3v) is 2.58. The SMILES string of the molecule is N#CC(C#N)=NNc1ccc(Br)cc1Br. The molecule has 1 rings (SSSR count). The molecule has 0 atom stereocenters. The third kappa shape index (κ3) is 3.35. The first-order valence-corrected chi connectivity index (χ1v) is 5.35. The lowest BCUT2D eigenvalue weighted by molar-refractivity contribution is 1.32. The van der Waals surface area contributed by atoms with Crippen molar-refractivity contribution in [1.82, 2.24) is 0 Å². The summed E-state index contributed by atoms with van der Waals surface area (Å²) in [6.07, 6.45) is 0. The Hall–Kier alpha value is -1.37. The maximum Gasteiger partial charge on any atom is 0.237 e. The molecule has 6 heteroatoms. The molecule has 1 aromatic carbocycles. The van der Waals surface area contributed by atoms with Crippen molar-refractivity contribution in [3.8, 4) is 12.1 Å². The van der Waals surface area contributed by atoms with Crippen molar-refractivity contribution in [2.45, 2.75) is 0 Å². The number of nitrogens with zero attached hydrogens (tertiary/aromatic N) is 3. The molecule has 15 heavy (non-hydrogen) atoms. The molecular formula is C9H4Br2N4. The zero-order valence-corrected chi connectivity index (χ0v) is 10.5. The van der Waals surface area contributed by atoms with Crippen molar-refractivity contribution >= 4 is 43.3 Å². The smallest absolute Gasteiger partial charge is 0.237 e. The molecule has 0 aliphatic heterocycles. The van der Waals surface area contributed by atoms with E-state index in [4.69, 9.17) is 10.5 Å². The standard InChI is InChI=1S/C9H4Br2N4/c10-6-1-2-9(8(11)3-6)15-14-7(4-12)5-13/h1-3,15H. The fourth-order valence-corrected chi connectivity index (χ4v) is 1.91. The van der Waals surface area contributed by atoms with E-state index in [9.17, 15) is 0 Å². The fourth-order valence-electron chi connectivity index (χ4n) is 0.771. The quantitative estimate of drug-likeness (QED) is 0.670. The molecule has 0 aromatic heterocycles. The monoisotopic (exact) mass is 326 g/mol. The predicted octanol–water partition coefficient (Wildman–Crippen LogP) is 3.03. The number of nitrogens with one attached hydrogen (secondary N) is 1. The molecule has 0 radical (unpaired) electrons. The highest BCUT2D eigenvalue weighted by Gasteiger charge is 1.99. The Morgan fingerprint density at radius 2 is 1.93 bits per heavy atom. The largest absolute Gasteiger partial charge is 0.275 e. The van der Waals surface area contributed by atoms with Crippen LogP contribution in [0.25, 0.3) is 0 Å². The second-order valence-electron chi connectivity index (χ2n) is 2.42. The van der Waals surface area contributed by atoms with Crippen LogP contribution in [0, 0.1) is 22.7 Å². The van der Waals surface area contributed by atoms with Crippen LogP contribution in [0.5, 0.6) is 0 Å². The van der Waals surface area contributed by atoms with Gasteiger partial charge in [-0.3, -0.25) is 5.43 Å². The second-order valence-corrected chi connectivity index (χ2v) is 4.19. The van der Waals surface area contributed by atoms with Crippen LogP contribution in [-0.4, -0.2) is 5.71 Å². The Morgan fingerprint density at radius 3 is 2.47 bits per heavy atom. The summed E-state index contributed by atoms with van der Waals surface area (Å²) in [5.74, 6) is 0. The fraction of sp³-hybridized carbons (Fsp3) is 0. The Bertz CT molecular complexity index is 466. The van der Waals surface area contributed by atoms with Crippen LogP contribution in [0.3, 0.4) is 0 Å². The van der Waals surface area contributed by atoms with E-state index in [1.807, 2.05) is 12.1 Å². The number of anilines is 1. The predicted molar refractivity (Wildman–Crippen MR) is 64.1 cm³/mol. The Kier molecular flexibility index (Phi) is 4.29. The molecule has 0 heterocycles. The average molecular weight is 328 g/mol. The molecule has 74 valence electrons. The van der Waals surface area contributed by atoms with Crippen molar-refractivity contribution in [3.05, 3.63) is 27.1 Å². The lowest BCUT2D eigenvalue weighted by atomic mass is 10.3. The number of benzene rings is 1. The minimum absolute atomic E-state index is 0.218. The van der Waals surface area contributed by atoms with E-state index in [0.29, 0.717) is 5.69 Å². The van der Waals surface area contributed by atoms with Crippen molar-refractivity contribution in [1.29, 1.82) is 10.5 Å². The molecule has 0 aliphatic carbocycles. The molecular weight excluding hydrogens is 324 g/mol. The number of hydrazone groups is 1. The highest BCUT2D eigenvalue weighted by atomic mass is 79.9. The van der Waals surface area contributed by atoms with Gasteiger partial charge in [-0.1, -0.05) is 15.9 Å². The first kappa shape index (κ1) is 11.7. The van der Waals surface area contributed by atoms with E-state index in [1.54, 1.807) is 18.2 Å². The number of halogens is 2. The molecule has 0 amide bonds. The topological polar surface area (TPSA) is 72.0 Å². The average Bonchev–Trinajstić information content (AvgIpc) is 2.22. The molecule has 0 spiro atoms. The molecule has 0 bridgehead atoms. The minimum atomic E-state index is -0.218. The van der Waals surface area contributed by atoms with Gasteiger partial charge >= 0.3 is 0 Å². The van der Waals surface area contributed by atoms with Gasteiger partial charge in [0.05, 0.1) is 5.69 Å². The normalized spacial score (nSPS) is 8.53. The summed E-state index contributed by atoms with van der Waals surface area (Å²) >= 11 is 6.62. The molecule has 1 aromatic rings. The van der Waals surface area contributed by atoms with E-state index >= 15 is 0 Å². The lowest BCUT2D eigenvalue weighted by Crippen LogP contribution is -1.96. The highest BCUT2D eigenvalue weighted by molar-refractivity contribution is 9.11. The molecule has 0 saturated carbocycles. The summed E-state index contributed by atoms with van der Waals surface area (Å²) in [7, 11) is 0. The maximum atomic E-state index is 8.45. The van der Waals surface area contributed by atoms with Crippen LogP contribution < -0.4 is 5.43 Å². The maximum absolute atomic E-state index is 8.45. The van der Waals surface area contributed by atoms with Gasteiger partial charge < -0.3 is 0 Å². The van der Waals surface area contributed by atoms with Crippen molar-refractivity contribution < 1.29 is 0 Å². The van der Waals surface area contributed by atoms with E-state index in [0.717, 1.165) is 8.95 Å². The van der Waals surface area contributed by atoms with E-state index in [2.05, 4.69) is 42.4 Å². The first-order valence-electron chi connectivity index (χ1n) is 3.76. The van der Waals surface area contributed by atoms with Gasteiger partial charge in [0.15, 0.2) is 0 Å². The van der Waals surface area contributed by atoms with E-state index in [-0.39, 0.29) is 5.71 Å². The summed E-state index contributed by atoms with van der Waals surface area (Å²) in [5.41, 5.74) is 3.08. The molecule has 0 fully saturated rings. The van der Waals surface area contributed by atoms with Crippen molar-refractivity contribution in [2.75, 3.05) is 5.43 Å². The van der Waals surface area contributed by atoms with Crippen molar-refractivity contribution in [2.24, 2.45) is 5.10 Å². The zero-order valence-electron chi connectivity index (χ0n) is 7.33. The van der Waals surface area contributed by atoms with Crippen LogP contribution >= 0.6 is 31.9 Å². The number of hydrogen-bond acceptors (Lipinski definition) is 4. The van der Waals surface area contributed by atoms with Crippen LogP contribution in [0.15, 0.2) is 32.2 Å². The summed E-state index contributed by atoms with van der Waals surface area (Å²) in [5, 5.41) is 20.5. The minimum Gasteiger partial charge on any atom is -0.275 e. The van der Waals surface area contributed by atoms with Crippen LogP contribution in [-0.2, 0) is 0 Å².